The van der Waals surface area contributed by atoms with Gasteiger partial charge in [-0.2, -0.15) is 0 Å². The third-order valence-corrected chi connectivity index (χ3v) is 4.73. The van der Waals surface area contributed by atoms with Crippen LogP contribution in [0.3, 0.4) is 0 Å². The van der Waals surface area contributed by atoms with Gasteiger partial charge in [0, 0.05) is 18.7 Å². The molecule has 0 aromatic carbocycles. The molecule has 0 saturated carbocycles. The molecule has 100 valence electrons. The third kappa shape index (κ3) is 1.57. The van der Waals surface area contributed by atoms with E-state index < -0.39 is 0 Å². The Kier molecular flexibility index (Phi) is 2.33. The fourth-order valence-corrected chi connectivity index (χ4v) is 3.85. The summed E-state index contributed by atoms with van der Waals surface area (Å²) in [5.41, 5.74) is 6.57. The maximum atomic E-state index is 6.04. The highest BCUT2D eigenvalue weighted by Crippen LogP contribution is 2.49. The van der Waals surface area contributed by atoms with E-state index in [9.17, 15) is 0 Å². The van der Waals surface area contributed by atoms with E-state index in [4.69, 9.17) is 10.5 Å². The normalized spacial score (nSPS) is 40.2. The van der Waals surface area contributed by atoms with Crippen LogP contribution in [0.1, 0.15) is 24.6 Å². The molecule has 4 aliphatic rings. The van der Waals surface area contributed by atoms with E-state index in [1.165, 1.54) is 25.9 Å². The third-order valence-electron chi connectivity index (χ3n) is 4.73. The van der Waals surface area contributed by atoms with Gasteiger partial charge < -0.3 is 10.5 Å². The van der Waals surface area contributed by atoms with E-state index >= 15 is 0 Å². The lowest BCUT2D eigenvalue weighted by atomic mass is 9.71. The second kappa shape index (κ2) is 3.93. The summed E-state index contributed by atoms with van der Waals surface area (Å²) in [6, 6.07) is 6.22. The minimum Gasteiger partial charge on any atom is -0.454 e. The number of hydrogen-bond donors (Lipinski definition) is 1. The zero-order valence-electron chi connectivity index (χ0n) is 10.8. The molecule has 3 saturated heterocycles. The van der Waals surface area contributed by atoms with Crippen molar-refractivity contribution in [2.45, 2.75) is 24.5 Å². The molecule has 1 aromatic heterocycles. The molecule has 2 unspecified atom stereocenters. The fourth-order valence-electron chi connectivity index (χ4n) is 3.85. The number of nitrogens with two attached hydrogens (primary N) is 1. The van der Waals surface area contributed by atoms with Crippen LogP contribution in [-0.2, 0) is 4.74 Å². The molecule has 0 aliphatic carbocycles. The summed E-state index contributed by atoms with van der Waals surface area (Å²) < 4.78 is 6.04. The molecule has 19 heavy (non-hydrogen) atoms. The van der Waals surface area contributed by atoms with Gasteiger partial charge in [-0.05, 0) is 38.1 Å². The first-order valence-electron chi connectivity index (χ1n) is 6.93. The predicted octanol–water partition coefficient (Wildman–Crippen LogP) is 0.932. The summed E-state index contributed by atoms with van der Waals surface area (Å²) in [4.78, 5) is 11.5. The number of ether oxygens (including phenoxy) is 1. The number of amidine groups is 1. The van der Waals surface area contributed by atoms with Crippen molar-refractivity contribution in [3.05, 3.63) is 30.1 Å². The minimum atomic E-state index is -0.283. The average Bonchev–Trinajstić information content (AvgIpc) is 2.77. The lowest BCUT2D eigenvalue weighted by molar-refractivity contribution is -0.103. The summed E-state index contributed by atoms with van der Waals surface area (Å²) in [5.74, 6) is 0.536. The van der Waals surface area contributed by atoms with Crippen molar-refractivity contribution in [3.63, 3.8) is 0 Å². The zero-order chi connectivity index (χ0) is 12.9. The fraction of sp³-hybridized carbons (Fsp3) is 0.571. The number of hydrogen-bond acceptors (Lipinski definition) is 5. The summed E-state index contributed by atoms with van der Waals surface area (Å²) in [6.07, 6.45) is 4.16. The van der Waals surface area contributed by atoms with Crippen LogP contribution in [-0.4, -0.2) is 41.1 Å². The van der Waals surface area contributed by atoms with Crippen molar-refractivity contribution in [1.29, 1.82) is 0 Å². The first-order chi connectivity index (χ1) is 9.28. The van der Waals surface area contributed by atoms with Gasteiger partial charge in [0.2, 0.25) is 0 Å². The number of pyridine rings is 1. The molecular weight excluding hydrogens is 240 g/mol. The Hall–Kier alpha value is -1.62. The first kappa shape index (κ1) is 11.2. The Morgan fingerprint density at radius 1 is 1.32 bits per heavy atom. The Morgan fingerprint density at radius 2 is 2.16 bits per heavy atom. The van der Waals surface area contributed by atoms with Crippen LogP contribution in [0.15, 0.2) is 29.4 Å². The molecule has 5 rings (SSSR count). The largest absolute Gasteiger partial charge is 0.454 e. The molecule has 0 amide bonds. The van der Waals surface area contributed by atoms with Gasteiger partial charge in [-0.15, -0.1) is 0 Å². The highest BCUT2D eigenvalue weighted by atomic mass is 16.5. The summed E-state index contributed by atoms with van der Waals surface area (Å²) >= 11 is 0. The number of rotatable bonds is 1. The van der Waals surface area contributed by atoms with Crippen molar-refractivity contribution in [3.8, 4) is 0 Å². The zero-order valence-corrected chi connectivity index (χ0v) is 10.8. The van der Waals surface area contributed by atoms with Crippen LogP contribution in [0.2, 0.25) is 0 Å². The maximum absolute atomic E-state index is 6.04. The van der Waals surface area contributed by atoms with Crippen molar-refractivity contribution < 1.29 is 4.74 Å². The molecule has 0 radical (unpaired) electrons. The SMILES string of the molecule is NC1=NC(c2ccccn2)C2(CN3CCC2CC3)O1. The first-order valence-corrected chi connectivity index (χ1v) is 6.93. The van der Waals surface area contributed by atoms with E-state index in [1.54, 1.807) is 0 Å². The second-order valence-corrected chi connectivity index (χ2v) is 5.73. The van der Waals surface area contributed by atoms with E-state index in [-0.39, 0.29) is 11.6 Å². The number of aromatic nitrogens is 1. The highest BCUT2D eigenvalue weighted by molar-refractivity contribution is 5.74. The van der Waals surface area contributed by atoms with Gasteiger partial charge in [0.1, 0.15) is 6.04 Å². The van der Waals surface area contributed by atoms with Crippen molar-refractivity contribution in [1.82, 2.24) is 9.88 Å². The van der Waals surface area contributed by atoms with E-state index in [0.29, 0.717) is 11.9 Å². The van der Waals surface area contributed by atoms with Crippen LogP contribution < -0.4 is 5.73 Å². The van der Waals surface area contributed by atoms with Gasteiger partial charge in [0.25, 0.3) is 6.02 Å². The molecule has 2 N–H and O–H groups in total. The number of fused-ring (bicyclic) bond motifs is 2. The molecule has 5 heteroatoms. The van der Waals surface area contributed by atoms with Crippen molar-refractivity contribution in [2.75, 3.05) is 19.6 Å². The van der Waals surface area contributed by atoms with Crippen molar-refractivity contribution in [2.24, 2.45) is 16.6 Å². The van der Waals surface area contributed by atoms with Crippen LogP contribution in [0, 0.1) is 5.92 Å². The van der Waals surface area contributed by atoms with Gasteiger partial charge in [-0.25, -0.2) is 4.99 Å². The van der Waals surface area contributed by atoms with Gasteiger partial charge in [0.15, 0.2) is 5.60 Å². The Balaban J connectivity index is 1.76. The standard InChI is InChI=1S/C14H18N4O/c15-13-17-12(11-3-1-2-6-16-11)14(19-13)9-18-7-4-10(14)5-8-18/h1-3,6,10,12H,4-5,7-9H2,(H2,15,17). The van der Waals surface area contributed by atoms with Gasteiger partial charge in [-0.3, -0.25) is 9.88 Å². The Bertz CT molecular complexity index is 509. The van der Waals surface area contributed by atoms with E-state index in [0.717, 1.165) is 12.2 Å². The summed E-state index contributed by atoms with van der Waals surface area (Å²) in [6.45, 7) is 3.26. The van der Waals surface area contributed by atoms with Crippen LogP contribution in [0.4, 0.5) is 0 Å². The Morgan fingerprint density at radius 3 is 2.79 bits per heavy atom. The predicted molar refractivity (Wildman–Crippen MR) is 71.6 cm³/mol. The molecule has 5 nitrogen and oxygen atoms in total. The summed E-state index contributed by atoms with van der Waals surface area (Å²) in [5, 5.41) is 0. The van der Waals surface area contributed by atoms with Gasteiger partial charge in [0.05, 0.1) is 5.69 Å². The Labute approximate surface area is 112 Å². The molecule has 3 fully saturated rings. The van der Waals surface area contributed by atoms with Crippen LogP contribution in [0.5, 0.6) is 0 Å². The molecule has 1 aromatic rings. The second-order valence-electron chi connectivity index (χ2n) is 5.73. The van der Waals surface area contributed by atoms with E-state index in [1.807, 2.05) is 24.4 Å². The molecular formula is C14H18N4O. The topological polar surface area (TPSA) is 63.7 Å². The minimum absolute atomic E-state index is 0.0539. The van der Waals surface area contributed by atoms with Gasteiger partial charge in [-0.1, -0.05) is 6.07 Å². The number of aliphatic imine (C=N–C) groups is 1. The quantitative estimate of drug-likeness (QED) is 0.814. The monoisotopic (exact) mass is 258 g/mol. The summed E-state index contributed by atoms with van der Waals surface area (Å²) in [7, 11) is 0. The van der Waals surface area contributed by atoms with Crippen LogP contribution in [0.25, 0.3) is 0 Å². The number of piperidine rings is 3. The van der Waals surface area contributed by atoms with Crippen molar-refractivity contribution >= 4 is 6.02 Å². The van der Waals surface area contributed by atoms with Gasteiger partial charge >= 0.3 is 0 Å². The lowest BCUT2D eigenvalue weighted by Crippen LogP contribution is -2.61. The highest BCUT2D eigenvalue weighted by Gasteiger charge is 2.57. The lowest BCUT2D eigenvalue weighted by Gasteiger charge is -2.52. The van der Waals surface area contributed by atoms with E-state index in [2.05, 4.69) is 14.9 Å². The maximum Gasteiger partial charge on any atom is 0.283 e. The number of nitrogens with zero attached hydrogens (tertiary/aromatic N) is 3. The smallest absolute Gasteiger partial charge is 0.283 e. The molecule has 2 atom stereocenters. The molecule has 2 bridgehead atoms. The molecule has 5 heterocycles. The molecule has 4 aliphatic heterocycles. The van der Waals surface area contributed by atoms with Crippen LogP contribution >= 0.6 is 0 Å². The average molecular weight is 258 g/mol. The molecule has 1 spiro atoms.